The molecule has 0 aliphatic carbocycles. The van der Waals surface area contributed by atoms with Crippen molar-refractivity contribution in [3.63, 3.8) is 0 Å². The van der Waals surface area contributed by atoms with Gasteiger partial charge in [-0.25, -0.2) is 0 Å². The first-order chi connectivity index (χ1) is 10.9. The maximum atomic E-state index is 3.29. The van der Waals surface area contributed by atoms with E-state index in [1.807, 2.05) is 6.20 Å². The van der Waals surface area contributed by atoms with Crippen molar-refractivity contribution in [2.75, 3.05) is 6.54 Å². The zero-order valence-electron chi connectivity index (χ0n) is 16.1. The normalized spacial score (nSPS) is 11.2. The van der Waals surface area contributed by atoms with Gasteiger partial charge in [0.2, 0.25) is 0 Å². The first-order valence-corrected chi connectivity index (χ1v) is 9.91. The number of nitrogens with one attached hydrogen (secondary N) is 1. The van der Waals surface area contributed by atoms with Crippen LogP contribution in [-0.2, 0) is 0 Å². The van der Waals surface area contributed by atoms with Crippen molar-refractivity contribution in [3.8, 4) is 0 Å². The molecule has 0 amide bonds. The summed E-state index contributed by atoms with van der Waals surface area (Å²) >= 11 is 0. The van der Waals surface area contributed by atoms with Gasteiger partial charge in [-0.3, -0.25) is 0 Å². The highest BCUT2D eigenvalue weighted by atomic mass is 14.8. The summed E-state index contributed by atoms with van der Waals surface area (Å²) in [5.74, 6) is 0. The maximum absolute atomic E-state index is 3.29. The van der Waals surface area contributed by atoms with Crippen LogP contribution in [0.3, 0.4) is 0 Å². The third-order valence-corrected chi connectivity index (χ3v) is 4.12. The Hall–Kier alpha value is -0.760. The molecule has 0 aromatic heterocycles. The molecule has 4 N–H and O–H groups in total. The lowest BCUT2D eigenvalue weighted by atomic mass is 10.1. The molecule has 0 radical (unpaired) electrons. The molecule has 2 heteroatoms. The molecule has 0 saturated carbocycles. The molecule has 0 bridgehead atoms. The molecule has 138 valence electrons. The van der Waals surface area contributed by atoms with Crippen LogP contribution in [-0.4, -0.2) is 6.54 Å². The number of unbranched alkanes of at least 4 members (excludes halogenated alkanes) is 12. The second-order valence-corrected chi connectivity index (χ2v) is 6.39. The Balaban J connectivity index is 0. The largest absolute Gasteiger partial charge is 0.391 e. The molecule has 23 heavy (non-hydrogen) atoms. The molecule has 0 saturated heterocycles. The van der Waals surface area contributed by atoms with Crippen LogP contribution in [0.4, 0.5) is 0 Å². The Bertz CT molecular complexity index is 246. The van der Waals surface area contributed by atoms with Crippen molar-refractivity contribution in [2.24, 2.45) is 0 Å². The number of rotatable bonds is 17. The van der Waals surface area contributed by atoms with E-state index in [9.17, 15) is 0 Å². The molecule has 2 nitrogen and oxygen atoms in total. The van der Waals surface area contributed by atoms with Gasteiger partial charge in [0.1, 0.15) is 0 Å². The van der Waals surface area contributed by atoms with Gasteiger partial charge in [-0.15, -0.1) is 0 Å². The molecule has 0 aliphatic rings. The van der Waals surface area contributed by atoms with Crippen LogP contribution in [0.5, 0.6) is 0 Å². The Morgan fingerprint density at radius 3 is 1.65 bits per heavy atom. The van der Waals surface area contributed by atoms with Gasteiger partial charge in [-0.2, -0.15) is 0 Å². The lowest BCUT2D eigenvalue weighted by Crippen LogP contribution is -2.05. The summed E-state index contributed by atoms with van der Waals surface area (Å²) in [6.45, 7) is 5.46. The van der Waals surface area contributed by atoms with E-state index in [0.717, 1.165) is 6.54 Å². The monoisotopic (exact) mass is 324 g/mol. The molecule has 0 aromatic rings. The second kappa shape index (κ2) is 23.5. The van der Waals surface area contributed by atoms with E-state index in [0.29, 0.717) is 0 Å². The number of hydrogen-bond donors (Lipinski definition) is 2. The van der Waals surface area contributed by atoms with Gasteiger partial charge in [-0.1, -0.05) is 82.9 Å². The third-order valence-electron chi connectivity index (χ3n) is 4.12. The zero-order chi connectivity index (χ0) is 16.1. The summed E-state index contributed by atoms with van der Waals surface area (Å²) in [6, 6.07) is 0. The summed E-state index contributed by atoms with van der Waals surface area (Å²) in [5, 5.41) is 3.29. The Labute approximate surface area is 146 Å². The highest BCUT2D eigenvalue weighted by molar-refractivity contribution is 4.81. The van der Waals surface area contributed by atoms with Crippen LogP contribution in [0.2, 0.25) is 0 Å². The number of hydrogen-bond acceptors (Lipinski definition) is 2. The van der Waals surface area contributed by atoms with Crippen molar-refractivity contribution in [1.82, 2.24) is 11.5 Å². The maximum Gasteiger partial charge on any atom is 0.0141 e. The summed E-state index contributed by atoms with van der Waals surface area (Å²) in [5.41, 5.74) is 0. The predicted octanol–water partition coefficient (Wildman–Crippen LogP) is 7.31. The average molecular weight is 325 g/mol. The van der Waals surface area contributed by atoms with E-state index in [-0.39, 0.29) is 6.15 Å². The highest BCUT2D eigenvalue weighted by Gasteiger charge is 1.91. The quantitative estimate of drug-likeness (QED) is 0.218. The van der Waals surface area contributed by atoms with Crippen LogP contribution in [0.15, 0.2) is 24.4 Å². The molecule has 0 unspecified atom stereocenters. The van der Waals surface area contributed by atoms with Crippen molar-refractivity contribution in [1.29, 1.82) is 0 Å². The van der Waals surface area contributed by atoms with Gasteiger partial charge >= 0.3 is 0 Å². The zero-order valence-corrected chi connectivity index (χ0v) is 16.1. The van der Waals surface area contributed by atoms with Gasteiger partial charge in [0.25, 0.3) is 0 Å². The minimum atomic E-state index is 0. The molecule has 0 aliphatic heterocycles. The van der Waals surface area contributed by atoms with E-state index in [2.05, 4.69) is 37.4 Å². The topological polar surface area (TPSA) is 47.0 Å². The molecule has 0 heterocycles. The Morgan fingerprint density at radius 1 is 0.652 bits per heavy atom. The first-order valence-electron chi connectivity index (χ1n) is 9.91. The first kappa shape index (κ1) is 24.5. The fraction of sp³-hybridized carbons (Fsp3) is 0.810. The van der Waals surface area contributed by atoms with Gasteiger partial charge in [-0.05, 0) is 45.2 Å². The predicted molar refractivity (Wildman–Crippen MR) is 107 cm³/mol. The molecule has 0 atom stereocenters. The van der Waals surface area contributed by atoms with Crippen LogP contribution >= 0.6 is 0 Å². The standard InChI is InChI=1S/C21H41N.H3N/c1-3-5-6-7-8-9-10-11-12-13-14-15-16-17-18-19-21-22-20-4-2;/h4,11-12,20,22H,3,5-10,13-19,21H2,1-2H3;1H3/b12-11-,20-4+;. The summed E-state index contributed by atoms with van der Waals surface area (Å²) in [4.78, 5) is 0. The van der Waals surface area contributed by atoms with Gasteiger partial charge in [0, 0.05) is 6.54 Å². The van der Waals surface area contributed by atoms with E-state index >= 15 is 0 Å². The minimum Gasteiger partial charge on any atom is -0.391 e. The van der Waals surface area contributed by atoms with Crippen LogP contribution in [0, 0.1) is 0 Å². The molecule has 0 spiro atoms. The summed E-state index contributed by atoms with van der Waals surface area (Å²) < 4.78 is 0. The molecule has 0 rings (SSSR count). The summed E-state index contributed by atoms with van der Waals surface area (Å²) in [7, 11) is 0. The third kappa shape index (κ3) is 23.6. The summed E-state index contributed by atoms with van der Waals surface area (Å²) in [6.07, 6.45) is 28.2. The molecule has 0 fully saturated rings. The molecular formula is C21H44N2. The minimum absolute atomic E-state index is 0. The lowest BCUT2D eigenvalue weighted by Gasteiger charge is -2.01. The van der Waals surface area contributed by atoms with Crippen molar-refractivity contribution in [2.45, 2.75) is 104 Å². The lowest BCUT2D eigenvalue weighted by molar-refractivity contribution is 0.588. The van der Waals surface area contributed by atoms with E-state index < -0.39 is 0 Å². The average Bonchev–Trinajstić information content (AvgIpc) is 2.54. The van der Waals surface area contributed by atoms with Gasteiger partial charge < -0.3 is 11.5 Å². The van der Waals surface area contributed by atoms with Crippen LogP contribution in [0.1, 0.15) is 104 Å². The van der Waals surface area contributed by atoms with E-state index in [4.69, 9.17) is 0 Å². The second-order valence-electron chi connectivity index (χ2n) is 6.39. The fourth-order valence-corrected chi connectivity index (χ4v) is 2.68. The van der Waals surface area contributed by atoms with Crippen LogP contribution < -0.4 is 11.5 Å². The molecular weight excluding hydrogens is 280 g/mol. The van der Waals surface area contributed by atoms with Crippen molar-refractivity contribution >= 4 is 0 Å². The highest BCUT2D eigenvalue weighted by Crippen LogP contribution is 2.09. The van der Waals surface area contributed by atoms with Gasteiger partial charge in [0.05, 0.1) is 0 Å². The Morgan fingerprint density at radius 2 is 1.13 bits per heavy atom. The van der Waals surface area contributed by atoms with Crippen molar-refractivity contribution in [3.05, 3.63) is 24.4 Å². The van der Waals surface area contributed by atoms with E-state index in [1.165, 1.54) is 89.9 Å². The SMILES string of the molecule is C/C=C/NCCCCCCCC/C=C\CCCCCCCC.N. The van der Waals surface area contributed by atoms with Crippen LogP contribution in [0.25, 0.3) is 0 Å². The smallest absolute Gasteiger partial charge is 0.0141 e. The molecule has 0 aromatic carbocycles. The fourth-order valence-electron chi connectivity index (χ4n) is 2.68. The van der Waals surface area contributed by atoms with Gasteiger partial charge in [0.15, 0.2) is 0 Å². The Kier molecular flexibility index (Phi) is 25.0. The number of allylic oxidation sites excluding steroid dienone is 3. The van der Waals surface area contributed by atoms with E-state index in [1.54, 1.807) is 0 Å². The van der Waals surface area contributed by atoms with Crippen molar-refractivity contribution < 1.29 is 0 Å².